The predicted molar refractivity (Wildman–Crippen MR) is 120 cm³/mol. The fourth-order valence-corrected chi connectivity index (χ4v) is 5.47. The zero-order valence-electron chi connectivity index (χ0n) is 15.9. The molecule has 1 fully saturated rings. The van der Waals surface area contributed by atoms with E-state index in [1.807, 2.05) is 12.1 Å². The SMILES string of the molecule is Cc1nc(-c2cccc(Cl)c2)sc1C(=O)N1CSC[C@H]1C(=O)Nc1ccccc1F. The van der Waals surface area contributed by atoms with Gasteiger partial charge in [0.05, 0.1) is 17.3 Å². The fourth-order valence-electron chi connectivity index (χ4n) is 3.11. The van der Waals surface area contributed by atoms with Gasteiger partial charge in [-0.25, -0.2) is 9.37 Å². The minimum Gasteiger partial charge on any atom is -0.322 e. The standard InChI is InChI=1S/C21H17ClFN3O2S2/c1-12-18(30-20(24-12)13-5-4-6-14(22)9-13)21(28)26-11-29-10-17(26)19(27)25-16-8-3-2-7-15(16)23/h2-9,17H,10-11H2,1H3,(H,25,27)/t17-/m0/s1. The molecular weight excluding hydrogens is 445 g/mol. The highest BCUT2D eigenvalue weighted by Crippen LogP contribution is 2.32. The topological polar surface area (TPSA) is 62.3 Å². The highest BCUT2D eigenvalue weighted by molar-refractivity contribution is 7.99. The molecule has 0 aliphatic carbocycles. The Balaban J connectivity index is 1.55. The van der Waals surface area contributed by atoms with E-state index >= 15 is 0 Å². The van der Waals surface area contributed by atoms with Gasteiger partial charge in [-0.2, -0.15) is 0 Å². The second kappa shape index (κ2) is 8.75. The Hall–Kier alpha value is -2.42. The molecule has 30 heavy (non-hydrogen) atoms. The van der Waals surface area contributed by atoms with E-state index in [2.05, 4.69) is 10.3 Å². The summed E-state index contributed by atoms with van der Waals surface area (Å²) >= 11 is 8.83. The van der Waals surface area contributed by atoms with Crippen LogP contribution in [-0.2, 0) is 4.79 Å². The number of hydrogen-bond donors (Lipinski definition) is 1. The van der Waals surface area contributed by atoms with Crippen molar-refractivity contribution in [3.05, 3.63) is 69.9 Å². The van der Waals surface area contributed by atoms with Crippen LogP contribution >= 0.6 is 34.7 Å². The average molecular weight is 462 g/mol. The summed E-state index contributed by atoms with van der Waals surface area (Å²) in [6.45, 7) is 1.77. The number of carbonyl (C=O) groups is 2. The zero-order valence-corrected chi connectivity index (χ0v) is 18.3. The van der Waals surface area contributed by atoms with Gasteiger partial charge in [0.1, 0.15) is 21.7 Å². The van der Waals surface area contributed by atoms with Crippen molar-refractivity contribution >= 4 is 52.2 Å². The van der Waals surface area contributed by atoms with Crippen LogP contribution < -0.4 is 5.32 Å². The Morgan fingerprint density at radius 2 is 2.03 bits per heavy atom. The minimum absolute atomic E-state index is 0.101. The number of amides is 2. The molecular formula is C21H17ClFN3O2S2. The smallest absolute Gasteiger partial charge is 0.267 e. The molecule has 1 aromatic heterocycles. The second-order valence-electron chi connectivity index (χ2n) is 6.70. The van der Waals surface area contributed by atoms with Gasteiger partial charge in [-0.1, -0.05) is 35.9 Å². The van der Waals surface area contributed by atoms with Gasteiger partial charge in [-0.05, 0) is 31.2 Å². The van der Waals surface area contributed by atoms with Gasteiger partial charge >= 0.3 is 0 Å². The van der Waals surface area contributed by atoms with Gasteiger partial charge in [0, 0.05) is 16.3 Å². The molecule has 0 radical (unpaired) electrons. The van der Waals surface area contributed by atoms with E-state index in [0.29, 0.717) is 32.2 Å². The molecule has 1 atom stereocenters. The Morgan fingerprint density at radius 1 is 1.23 bits per heavy atom. The number of halogens is 2. The molecule has 1 saturated heterocycles. The zero-order chi connectivity index (χ0) is 21.3. The number of aromatic nitrogens is 1. The molecule has 2 amide bonds. The number of nitrogens with zero attached hydrogens (tertiary/aromatic N) is 2. The third-order valence-electron chi connectivity index (χ3n) is 4.64. The first-order chi connectivity index (χ1) is 14.4. The largest absolute Gasteiger partial charge is 0.322 e. The maximum atomic E-state index is 13.9. The number of thiazole rings is 1. The maximum Gasteiger partial charge on any atom is 0.267 e. The second-order valence-corrected chi connectivity index (χ2v) is 9.14. The van der Waals surface area contributed by atoms with E-state index < -0.39 is 17.8 Å². The highest BCUT2D eigenvalue weighted by atomic mass is 35.5. The molecule has 1 aliphatic heterocycles. The van der Waals surface area contributed by atoms with Gasteiger partial charge in [0.2, 0.25) is 5.91 Å². The lowest BCUT2D eigenvalue weighted by atomic mass is 10.2. The summed E-state index contributed by atoms with van der Waals surface area (Å²) in [4.78, 5) is 32.5. The van der Waals surface area contributed by atoms with E-state index in [-0.39, 0.29) is 11.6 Å². The fraction of sp³-hybridized carbons (Fsp3) is 0.190. The van der Waals surface area contributed by atoms with Crippen molar-refractivity contribution in [2.24, 2.45) is 0 Å². The summed E-state index contributed by atoms with van der Waals surface area (Å²) in [6.07, 6.45) is 0. The molecule has 2 aromatic carbocycles. The van der Waals surface area contributed by atoms with Crippen LogP contribution in [0.1, 0.15) is 15.4 Å². The summed E-state index contributed by atoms with van der Waals surface area (Å²) in [5.74, 6) is -0.338. The van der Waals surface area contributed by atoms with E-state index in [0.717, 1.165) is 5.56 Å². The quantitative estimate of drug-likeness (QED) is 0.589. The molecule has 0 bridgehead atoms. The van der Waals surface area contributed by atoms with Crippen molar-refractivity contribution in [3.8, 4) is 10.6 Å². The molecule has 0 saturated carbocycles. The lowest BCUT2D eigenvalue weighted by Gasteiger charge is -2.22. The van der Waals surface area contributed by atoms with Crippen LogP contribution in [0.3, 0.4) is 0 Å². The van der Waals surface area contributed by atoms with Crippen LogP contribution in [0.5, 0.6) is 0 Å². The summed E-state index contributed by atoms with van der Waals surface area (Å²) in [5, 5.41) is 3.88. The van der Waals surface area contributed by atoms with E-state index in [4.69, 9.17) is 11.6 Å². The van der Waals surface area contributed by atoms with Crippen LogP contribution in [0, 0.1) is 12.7 Å². The van der Waals surface area contributed by atoms with Gasteiger partial charge in [-0.3, -0.25) is 9.59 Å². The highest BCUT2D eigenvalue weighted by Gasteiger charge is 2.36. The van der Waals surface area contributed by atoms with Crippen molar-refractivity contribution in [3.63, 3.8) is 0 Å². The van der Waals surface area contributed by atoms with Gasteiger partial charge in [-0.15, -0.1) is 23.1 Å². The summed E-state index contributed by atoms with van der Waals surface area (Å²) in [7, 11) is 0. The monoisotopic (exact) mass is 461 g/mol. The molecule has 2 heterocycles. The number of hydrogen-bond acceptors (Lipinski definition) is 5. The van der Waals surface area contributed by atoms with Crippen molar-refractivity contribution in [2.45, 2.75) is 13.0 Å². The molecule has 1 aliphatic rings. The molecule has 0 unspecified atom stereocenters. The van der Waals surface area contributed by atoms with Crippen molar-refractivity contribution in [2.75, 3.05) is 16.9 Å². The van der Waals surface area contributed by atoms with Crippen molar-refractivity contribution < 1.29 is 14.0 Å². The van der Waals surface area contributed by atoms with Crippen LogP contribution in [0.4, 0.5) is 10.1 Å². The minimum atomic E-state index is -0.682. The van der Waals surface area contributed by atoms with Crippen LogP contribution in [0.2, 0.25) is 5.02 Å². The van der Waals surface area contributed by atoms with Gasteiger partial charge < -0.3 is 10.2 Å². The van der Waals surface area contributed by atoms with Crippen LogP contribution in [0.15, 0.2) is 48.5 Å². The number of carbonyl (C=O) groups excluding carboxylic acids is 2. The van der Waals surface area contributed by atoms with Gasteiger partial charge in [0.25, 0.3) is 5.91 Å². The Kier molecular flexibility index (Phi) is 6.08. The lowest BCUT2D eigenvalue weighted by Crippen LogP contribution is -2.44. The number of rotatable bonds is 4. The predicted octanol–water partition coefficient (Wildman–Crippen LogP) is 5.06. The maximum absolute atomic E-state index is 13.9. The molecule has 5 nitrogen and oxygen atoms in total. The Labute approximate surface area is 186 Å². The van der Waals surface area contributed by atoms with Crippen LogP contribution in [-0.4, -0.2) is 39.4 Å². The average Bonchev–Trinajstić information content (AvgIpc) is 3.36. The molecule has 3 aromatic rings. The van der Waals surface area contributed by atoms with Crippen molar-refractivity contribution in [1.82, 2.24) is 9.88 Å². The Morgan fingerprint density at radius 3 is 2.80 bits per heavy atom. The normalized spacial score (nSPS) is 16.0. The van der Waals surface area contributed by atoms with Crippen molar-refractivity contribution in [1.29, 1.82) is 0 Å². The molecule has 4 rings (SSSR count). The number of benzene rings is 2. The third-order valence-corrected chi connectivity index (χ3v) is 7.08. The number of thioether (sulfide) groups is 1. The number of aryl methyl sites for hydroxylation is 1. The lowest BCUT2D eigenvalue weighted by molar-refractivity contribution is -0.119. The first kappa shape index (κ1) is 20.8. The summed E-state index contributed by atoms with van der Waals surface area (Å²) in [5.41, 5.74) is 1.54. The third kappa shape index (κ3) is 4.21. The van der Waals surface area contributed by atoms with E-state index in [1.54, 1.807) is 31.2 Å². The molecule has 0 spiro atoms. The summed E-state index contributed by atoms with van der Waals surface area (Å²) < 4.78 is 13.9. The van der Waals surface area contributed by atoms with E-state index in [9.17, 15) is 14.0 Å². The Bertz CT molecular complexity index is 1120. The molecule has 1 N–H and O–H groups in total. The van der Waals surface area contributed by atoms with Gasteiger partial charge in [0.15, 0.2) is 0 Å². The first-order valence-electron chi connectivity index (χ1n) is 9.11. The molecule has 9 heteroatoms. The number of anilines is 1. The van der Waals surface area contributed by atoms with E-state index in [1.165, 1.54) is 40.1 Å². The first-order valence-corrected chi connectivity index (χ1v) is 11.5. The number of para-hydroxylation sites is 1. The molecule has 154 valence electrons. The van der Waals surface area contributed by atoms with Crippen LogP contribution in [0.25, 0.3) is 10.6 Å². The number of nitrogens with one attached hydrogen (secondary N) is 1. The summed E-state index contributed by atoms with van der Waals surface area (Å²) in [6, 6.07) is 12.6.